The molecule has 0 amide bonds. The van der Waals surface area contributed by atoms with Crippen LogP contribution in [-0.2, 0) is 16.0 Å². The predicted molar refractivity (Wildman–Crippen MR) is 61.0 cm³/mol. The number of ether oxygens (including phenoxy) is 1. The highest BCUT2D eigenvalue weighted by Crippen LogP contribution is 2.18. The third-order valence-corrected chi connectivity index (χ3v) is 2.72. The first-order chi connectivity index (χ1) is 7.60. The maximum atomic E-state index is 11.1. The predicted octanol–water partition coefficient (Wildman–Crippen LogP) is 0.699. The number of rotatable bonds is 4. The molecule has 0 aliphatic rings. The average Bonchev–Trinajstić information content (AvgIpc) is 2.28. The molecule has 1 aromatic rings. The summed E-state index contributed by atoms with van der Waals surface area (Å²) in [6.45, 7) is 0. The molecule has 0 aromatic carbocycles. The fraction of sp³-hybridized carbons (Fsp3) is 0.300. The summed E-state index contributed by atoms with van der Waals surface area (Å²) in [5.74, 6) is -0.517. The van der Waals surface area contributed by atoms with E-state index in [0.717, 1.165) is 0 Å². The molecule has 1 heterocycles. The summed E-state index contributed by atoms with van der Waals surface area (Å²) in [6.07, 6.45) is 3.94. The van der Waals surface area contributed by atoms with Crippen molar-refractivity contribution in [2.24, 2.45) is 5.73 Å². The Labute approximate surface area is 101 Å². The van der Waals surface area contributed by atoms with Gasteiger partial charge in [-0.3, -0.25) is 14.6 Å². The van der Waals surface area contributed by atoms with Gasteiger partial charge in [0, 0.05) is 28.9 Å². The van der Waals surface area contributed by atoms with E-state index in [2.05, 4.69) is 25.7 Å². The number of halogens is 1. The second-order valence-electron chi connectivity index (χ2n) is 3.15. The van der Waals surface area contributed by atoms with Gasteiger partial charge >= 0.3 is 5.97 Å². The van der Waals surface area contributed by atoms with E-state index in [-0.39, 0.29) is 6.42 Å². The molecule has 16 heavy (non-hydrogen) atoms. The number of hydrogen-bond donors (Lipinski definition) is 1. The van der Waals surface area contributed by atoms with Crippen LogP contribution in [0.25, 0.3) is 0 Å². The molecule has 0 saturated carbocycles. The van der Waals surface area contributed by atoms with Gasteiger partial charge in [0.05, 0.1) is 7.11 Å². The van der Waals surface area contributed by atoms with Gasteiger partial charge in [0.25, 0.3) is 0 Å². The van der Waals surface area contributed by atoms with E-state index in [0.29, 0.717) is 21.9 Å². The van der Waals surface area contributed by atoms with Gasteiger partial charge in [-0.15, -0.1) is 0 Å². The normalized spacial score (nSPS) is 11.9. The van der Waals surface area contributed by atoms with E-state index in [9.17, 15) is 9.59 Å². The van der Waals surface area contributed by atoms with Gasteiger partial charge in [-0.05, 0) is 21.5 Å². The van der Waals surface area contributed by atoms with Crippen LogP contribution in [0.2, 0.25) is 0 Å². The first-order valence-electron chi connectivity index (χ1n) is 4.51. The Kier molecular flexibility index (Phi) is 4.57. The second kappa shape index (κ2) is 5.72. The Morgan fingerprint density at radius 2 is 2.38 bits per heavy atom. The molecule has 0 spiro atoms. The molecule has 5 nitrogen and oxygen atoms in total. The smallest absolute Gasteiger partial charge is 0.322 e. The summed E-state index contributed by atoms with van der Waals surface area (Å²) in [5, 5.41) is 0. The van der Waals surface area contributed by atoms with E-state index in [1.807, 2.05) is 0 Å². The van der Waals surface area contributed by atoms with Crippen molar-refractivity contribution >= 4 is 28.2 Å². The fourth-order valence-electron chi connectivity index (χ4n) is 1.25. The van der Waals surface area contributed by atoms with Crippen LogP contribution < -0.4 is 5.73 Å². The lowest BCUT2D eigenvalue weighted by Crippen LogP contribution is -2.34. The Hall–Kier alpha value is -1.27. The topological polar surface area (TPSA) is 82.3 Å². The minimum Gasteiger partial charge on any atom is -0.468 e. The van der Waals surface area contributed by atoms with E-state index in [1.54, 1.807) is 0 Å². The van der Waals surface area contributed by atoms with Gasteiger partial charge in [-0.1, -0.05) is 0 Å². The van der Waals surface area contributed by atoms with E-state index >= 15 is 0 Å². The Balaban J connectivity index is 2.93. The second-order valence-corrected chi connectivity index (χ2v) is 4.00. The van der Waals surface area contributed by atoms with Crippen molar-refractivity contribution in [1.82, 2.24) is 4.98 Å². The zero-order chi connectivity index (χ0) is 12.1. The van der Waals surface area contributed by atoms with Crippen molar-refractivity contribution in [3.05, 3.63) is 28.0 Å². The standard InChI is InChI=1S/C10H11BrN2O3/c1-16-10(15)9(12)2-6-3-13-4-8(11)7(6)5-14/h3-5,9H,2,12H2,1H3/t9-/m1/s1. The van der Waals surface area contributed by atoms with Crippen LogP contribution in [0, 0.1) is 0 Å². The van der Waals surface area contributed by atoms with Gasteiger partial charge in [-0.2, -0.15) is 0 Å². The molecular weight excluding hydrogens is 276 g/mol. The number of aldehydes is 1. The average molecular weight is 287 g/mol. The summed E-state index contributed by atoms with van der Waals surface area (Å²) in [6, 6.07) is -0.792. The van der Waals surface area contributed by atoms with Crippen molar-refractivity contribution in [3.63, 3.8) is 0 Å². The number of nitrogens with zero attached hydrogens (tertiary/aromatic N) is 1. The number of carbonyl (C=O) groups excluding carboxylic acids is 2. The number of nitrogens with two attached hydrogens (primary N) is 1. The SMILES string of the molecule is COC(=O)[C@H](N)Cc1cncc(Br)c1C=O. The van der Waals surface area contributed by atoms with Gasteiger partial charge in [-0.25, -0.2) is 0 Å². The molecule has 1 aromatic heterocycles. The molecule has 0 saturated heterocycles. The molecule has 0 fully saturated rings. The van der Waals surface area contributed by atoms with Gasteiger partial charge in [0.15, 0.2) is 6.29 Å². The van der Waals surface area contributed by atoms with Crippen LogP contribution >= 0.6 is 15.9 Å². The number of methoxy groups -OCH3 is 1. The minimum atomic E-state index is -0.792. The van der Waals surface area contributed by atoms with E-state index in [1.165, 1.54) is 19.5 Å². The summed E-state index contributed by atoms with van der Waals surface area (Å²) < 4.78 is 5.08. The Morgan fingerprint density at radius 1 is 1.69 bits per heavy atom. The molecule has 0 bridgehead atoms. The molecular formula is C10H11BrN2O3. The summed E-state index contributed by atoms with van der Waals surface area (Å²) >= 11 is 3.20. The highest BCUT2D eigenvalue weighted by molar-refractivity contribution is 9.10. The molecule has 1 atom stereocenters. The molecule has 0 aliphatic carbocycles. The molecule has 86 valence electrons. The lowest BCUT2D eigenvalue weighted by molar-refractivity contribution is -0.142. The van der Waals surface area contributed by atoms with Crippen LogP contribution in [0.15, 0.2) is 16.9 Å². The quantitative estimate of drug-likeness (QED) is 0.651. The summed E-state index contributed by atoms with van der Waals surface area (Å²) in [5.41, 5.74) is 6.67. The summed E-state index contributed by atoms with van der Waals surface area (Å²) in [4.78, 5) is 25.9. The van der Waals surface area contributed by atoms with E-state index < -0.39 is 12.0 Å². The highest BCUT2D eigenvalue weighted by atomic mass is 79.9. The van der Waals surface area contributed by atoms with Crippen LogP contribution in [0.5, 0.6) is 0 Å². The zero-order valence-corrected chi connectivity index (χ0v) is 10.2. The van der Waals surface area contributed by atoms with Crippen molar-refractivity contribution < 1.29 is 14.3 Å². The van der Waals surface area contributed by atoms with Crippen LogP contribution in [0.4, 0.5) is 0 Å². The maximum absolute atomic E-state index is 11.1. The Bertz CT molecular complexity index is 409. The number of esters is 1. The van der Waals surface area contributed by atoms with Crippen molar-refractivity contribution in [2.45, 2.75) is 12.5 Å². The van der Waals surface area contributed by atoms with Crippen LogP contribution in [0.1, 0.15) is 15.9 Å². The molecule has 6 heteroatoms. The molecule has 0 radical (unpaired) electrons. The van der Waals surface area contributed by atoms with Crippen LogP contribution in [0.3, 0.4) is 0 Å². The molecule has 0 unspecified atom stereocenters. The lowest BCUT2D eigenvalue weighted by atomic mass is 10.0. The van der Waals surface area contributed by atoms with Crippen molar-refractivity contribution in [3.8, 4) is 0 Å². The zero-order valence-electron chi connectivity index (χ0n) is 8.64. The largest absolute Gasteiger partial charge is 0.468 e. The fourth-order valence-corrected chi connectivity index (χ4v) is 1.72. The number of carbonyl (C=O) groups is 2. The first kappa shape index (κ1) is 12.8. The monoisotopic (exact) mass is 286 g/mol. The van der Waals surface area contributed by atoms with Gasteiger partial charge in [0.1, 0.15) is 6.04 Å². The van der Waals surface area contributed by atoms with Crippen molar-refractivity contribution in [2.75, 3.05) is 7.11 Å². The minimum absolute atomic E-state index is 0.215. The maximum Gasteiger partial charge on any atom is 0.322 e. The number of pyridine rings is 1. The van der Waals surface area contributed by atoms with Crippen molar-refractivity contribution in [1.29, 1.82) is 0 Å². The third-order valence-electron chi connectivity index (χ3n) is 2.08. The molecule has 0 aliphatic heterocycles. The highest BCUT2D eigenvalue weighted by Gasteiger charge is 2.17. The van der Waals surface area contributed by atoms with Gasteiger partial charge in [0.2, 0.25) is 0 Å². The lowest BCUT2D eigenvalue weighted by Gasteiger charge is -2.10. The number of aromatic nitrogens is 1. The number of hydrogen-bond acceptors (Lipinski definition) is 5. The molecule has 2 N–H and O–H groups in total. The van der Waals surface area contributed by atoms with Gasteiger partial charge < -0.3 is 10.5 Å². The summed E-state index contributed by atoms with van der Waals surface area (Å²) in [7, 11) is 1.27. The molecule has 1 rings (SSSR count). The Morgan fingerprint density at radius 3 is 2.94 bits per heavy atom. The third kappa shape index (κ3) is 2.86. The van der Waals surface area contributed by atoms with E-state index in [4.69, 9.17) is 5.73 Å². The first-order valence-corrected chi connectivity index (χ1v) is 5.30. The van der Waals surface area contributed by atoms with Crippen LogP contribution in [-0.4, -0.2) is 30.4 Å².